The topological polar surface area (TPSA) is 80.4 Å². The zero-order valence-corrected chi connectivity index (χ0v) is 8.29. The maximum Gasteiger partial charge on any atom is 0.307 e. The molecule has 0 heterocycles. The third kappa shape index (κ3) is 1.02. The van der Waals surface area contributed by atoms with E-state index in [0.717, 1.165) is 11.1 Å². The summed E-state index contributed by atoms with van der Waals surface area (Å²) in [5, 5.41) is 19.7. The molecule has 0 amide bonds. The predicted molar refractivity (Wildman–Crippen MR) is 54.2 cm³/mol. The summed E-state index contributed by atoms with van der Waals surface area (Å²) in [6.07, 6.45) is 0.536. The Bertz CT molecular complexity index is 511. The van der Waals surface area contributed by atoms with Gasteiger partial charge in [0, 0.05) is 17.5 Å². The second-order valence-corrected chi connectivity index (χ2v) is 4.36. The lowest BCUT2D eigenvalue weighted by Crippen LogP contribution is -2.06. The van der Waals surface area contributed by atoms with Crippen molar-refractivity contribution in [2.24, 2.45) is 11.8 Å². The van der Waals surface area contributed by atoms with Gasteiger partial charge in [-0.05, 0) is 17.9 Å². The van der Waals surface area contributed by atoms with E-state index in [0.29, 0.717) is 6.42 Å². The molecule has 0 spiro atoms. The van der Waals surface area contributed by atoms with Crippen LogP contribution in [0.3, 0.4) is 0 Å². The summed E-state index contributed by atoms with van der Waals surface area (Å²) in [5.74, 6) is -1.03. The van der Waals surface area contributed by atoms with Gasteiger partial charge in [-0.1, -0.05) is 12.1 Å². The highest BCUT2D eigenvalue weighted by Gasteiger charge is 2.60. The molecule has 0 bridgehead atoms. The summed E-state index contributed by atoms with van der Waals surface area (Å²) < 4.78 is 0. The van der Waals surface area contributed by atoms with E-state index in [1.54, 1.807) is 6.07 Å². The number of aliphatic carboxylic acids is 1. The van der Waals surface area contributed by atoms with Crippen molar-refractivity contribution in [3.8, 4) is 0 Å². The lowest BCUT2D eigenvalue weighted by atomic mass is 10.0. The highest BCUT2D eigenvalue weighted by Crippen LogP contribution is 2.62. The molecule has 5 heteroatoms. The third-order valence-electron chi connectivity index (χ3n) is 3.64. The number of hydrogen-bond acceptors (Lipinski definition) is 3. The van der Waals surface area contributed by atoms with Crippen molar-refractivity contribution < 1.29 is 14.8 Å². The van der Waals surface area contributed by atoms with Gasteiger partial charge in [0.25, 0.3) is 5.69 Å². The van der Waals surface area contributed by atoms with Gasteiger partial charge >= 0.3 is 5.97 Å². The van der Waals surface area contributed by atoms with E-state index in [-0.39, 0.29) is 28.4 Å². The molecule has 0 radical (unpaired) electrons. The van der Waals surface area contributed by atoms with E-state index in [4.69, 9.17) is 5.11 Å². The molecular weight excluding hydrogens is 210 g/mol. The Hall–Kier alpha value is -1.91. The van der Waals surface area contributed by atoms with Crippen molar-refractivity contribution in [2.45, 2.75) is 12.3 Å². The van der Waals surface area contributed by atoms with Crippen LogP contribution in [0.25, 0.3) is 0 Å². The molecule has 1 aromatic carbocycles. The van der Waals surface area contributed by atoms with Gasteiger partial charge in [-0.25, -0.2) is 0 Å². The zero-order chi connectivity index (χ0) is 11.4. The Balaban J connectivity index is 2.03. The molecule has 0 saturated heterocycles. The van der Waals surface area contributed by atoms with Crippen LogP contribution in [0.5, 0.6) is 0 Å². The van der Waals surface area contributed by atoms with Crippen LogP contribution in [-0.4, -0.2) is 16.0 Å². The standard InChI is InChI=1S/C11H9NO4/c13-11(14)10-7-4-6-5(9(7)10)2-1-3-8(6)12(15)16/h1-3,7,9-10H,4H2,(H,13,14)/t7-,9+,10+/m0/s1. The number of nitro groups is 1. The number of benzene rings is 1. The lowest BCUT2D eigenvalue weighted by molar-refractivity contribution is -0.385. The third-order valence-corrected chi connectivity index (χ3v) is 3.64. The molecule has 3 rings (SSSR count). The van der Waals surface area contributed by atoms with Crippen LogP contribution < -0.4 is 0 Å². The van der Waals surface area contributed by atoms with Crippen LogP contribution in [0.4, 0.5) is 5.69 Å². The van der Waals surface area contributed by atoms with Gasteiger partial charge in [-0.3, -0.25) is 14.9 Å². The summed E-state index contributed by atoms with van der Waals surface area (Å²) in [6, 6.07) is 4.94. The molecule has 0 aromatic heterocycles. The molecule has 3 atom stereocenters. The van der Waals surface area contributed by atoms with Crippen LogP contribution in [0.2, 0.25) is 0 Å². The maximum atomic E-state index is 10.9. The molecule has 16 heavy (non-hydrogen) atoms. The van der Waals surface area contributed by atoms with Gasteiger partial charge in [0.05, 0.1) is 10.8 Å². The van der Waals surface area contributed by atoms with Gasteiger partial charge in [-0.15, -0.1) is 0 Å². The van der Waals surface area contributed by atoms with Crippen LogP contribution in [0.15, 0.2) is 18.2 Å². The Morgan fingerprint density at radius 2 is 2.25 bits per heavy atom. The molecule has 2 aliphatic rings. The second kappa shape index (κ2) is 2.81. The monoisotopic (exact) mass is 219 g/mol. The van der Waals surface area contributed by atoms with Crippen molar-refractivity contribution in [3.63, 3.8) is 0 Å². The lowest BCUT2D eigenvalue weighted by Gasteiger charge is -2.05. The van der Waals surface area contributed by atoms with Gasteiger partial charge in [-0.2, -0.15) is 0 Å². The highest BCUT2D eigenvalue weighted by molar-refractivity contribution is 5.78. The molecule has 1 saturated carbocycles. The number of fused-ring (bicyclic) bond motifs is 3. The molecular formula is C11H9NO4. The fraction of sp³-hybridized carbons (Fsp3) is 0.364. The number of carboxylic acids is 1. The van der Waals surface area contributed by atoms with Gasteiger partial charge in [0.2, 0.25) is 0 Å². The number of hydrogen-bond donors (Lipinski definition) is 1. The van der Waals surface area contributed by atoms with E-state index in [1.807, 2.05) is 6.07 Å². The van der Waals surface area contributed by atoms with E-state index >= 15 is 0 Å². The number of carbonyl (C=O) groups is 1. The smallest absolute Gasteiger partial charge is 0.307 e. The molecule has 0 unspecified atom stereocenters. The first-order chi connectivity index (χ1) is 7.61. The summed E-state index contributed by atoms with van der Waals surface area (Å²) in [5.41, 5.74) is 1.74. The van der Waals surface area contributed by atoms with Crippen molar-refractivity contribution >= 4 is 11.7 Å². The van der Waals surface area contributed by atoms with Crippen molar-refractivity contribution in [2.75, 3.05) is 0 Å². The fourth-order valence-corrected chi connectivity index (χ4v) is 2.92. The minimum absolute atomic E-state index is 0.00685. The van der Waals surface area contributed by atoms with E-state index in [1.165, 1.54) is 6.07 Å². The van der Waals surface area contributed by atoms with Crippen LogP contribution >= 0.6 is 0 Å². The quantitative estimate of drug-likeness (QED) is 0.604. The first-order valence-corrected chi connectivity index (χ1v) is 5.10. The molecule has 1 N–H and O–H groups in total. The van der Waals surface area contributed by atoms with Crippen molar-refractivity contribution in [3.05, 3.63) is 39.4 Å². The average molecular weight is 219 g/mol. The van der Waals surface area contributed by atoms with Gasteiger partial charge in [0.15, 0.2) is 0 Å². The number of nitro benzene ring substituents is 1. The highest BCUT2D eigenvalue weighted by atomic mass is 16.6. The average Bonchev–Trinajstić information content (AvgIpc) is 2.82. The molecule has 0 aliphatic heterocycles. The first-order valence-electron chi connectivity index (χ1n) is 5.10. The molecule has 5 nitrogen and oxygen atoms in total. The Morgan fingerprint density at radius 3 is 2.88 bits per heavy atom. The minimum Gasteiger partial charge on any atom is -0.481 e. The molecule has 2 aliphatic carbocycles. The second-order valence-electron chi connectivity index (χ2n) is 4.36. The number of rotatable bonds is 2. The van der Waals surface area contributed by atoms with Crippen molar-refractivity contribution in [1.82, 2.24) is 0 Å². The molecule has 1 fully saturated rings. The predicted octanol–water partition coefficient (Wildman–Crippen LogP) is 1.57. The number of carboxylic acid groups (broad SMARTS) is 1. The fourth-order valence-electron chi connectivity index (χ4n) is 2.92. The summed E-state index contributed by atoms with van der Waals surface area (Å²) in [4.78, 5) is 21.3. The summed E-state index contributed by atoms with van der Waals surface area (Å²) in [6.45, 7) is 0. The molecule has 82 valence electrons. The van der Waals surface area contributed by atoms with Gasteiger partial charge < -0.3 is 5.11 Å². The minimum atomic E-state index is -0.785. The normalized spacial score (nSPS) is 29.4. The van der Waals surface area contributed by atoms with E-state index < -0.39 is 5.97 Å². The Kier molecular flexibility index (Phi) is 1.64. The largest absolute Gasteiger partial charge is 0.481 e. The maximum absolute atomic E-state index is 10.9. The number of nitrogens with zero attached hydrogens (tertiary/aromatic N) is 1. The Labute approximate surface area is 90.9 Å². The van der Waals surface area contributed by atoms with E-state index in [2.05, 4.69) is 0 Å². The zero-order valence-electron chi connectivity index (χ0n) is 8.29. The van der Waals surface area contributed by atoms with Crippen molar-refractivity contribution in [1.29, 1.82) is 0 Å². The van der Waals surface area contributed by atoms with Crippen LogP contribution in [-0.2, 0) is 11.2 Å². The van der Waals surface area contributed by atoms with E-state index in [9.17, 15) is 14.9 Å². The van der Waals surface area contributed by atoms with Gasteiger partial charge in [0.1, 0.15) is 0 Å². The molecule has 1 aromatic rings. The SMILES string of the molecule is O=C(O)[C@@H]1[C@H]2Cc3c(cccc3[N+](=O)[O-])[C@H]21. The first kappa shape index (κ1) is 9.33. The summed E-state index contributed by atoms with van der Waals surface area (Å²) >= 11 is 0. The Morgan fingerprint density at radius 1 is 1.50 bits per heavy atom. The summed E-state index contributed by atoms with van der Waals surface area (Å²) in [7, 11) is 0. The van der Waals surface area contributed by atoms with Crippen LogP contribution in [0, 0.1) is 22.0 Å². The van der Waals surface area contributed by atoms with Crippen LogP contribution in [0.1, 0.15) is 17.0 Å².